The monoisotopic (exact) mass is 305 g/mol. The lowest BCUT2D eigenvalue weighted by atomic mass is 10.1. The number of aliphatic hydroxyl groups excluding tert-OH is 1. The van der Waals surface area contributed by atoms with Crippen LogP contribution >= 0.6 is 0 Å². The Labute approximate surface area is 130 Å². The lowest BCUT2D eigenvalue weighted by Gasteiger charge is -2.27. The van der Waals surface area contributed by atoms with E-state index in [1.807, 2.05) is 20.8 Å². The number of carbonyl (C=O) groups excluding carboxylic acids is 2. The molecule has 2 rings (SSSR count). The van der Waals surface area contributed by atoms with Crippen LogP contribution in [0.25, 0.3) is 0 Å². The lowest BCUT2D eigenvalue weighted by molar-refractivity contribution is -0.159. The SMILES string of the molecule is CC(C)(C)OC(=O)[C@@H]1CCCN1C(=O)c1ccccc1CO. The highest BCUT2D eigenvalue weighted by Gasteiger charge is 2.37. The van der Waals surface area contributed by atoms with E-state index in [9.17, 15) is 14.7 Å². The van der Waals surface area contributed by atoms with Crippen LogP contribution in [0.1, 0.15) is 49.5 Å². The molecular formula is C17H23NO4. The molecule has 0 bridgehead atoms. The number of benzene rings is 1. The second-order valence-corrected chi connectivity index (χ2v) is 6.51. The highest BCUT2D eigenvalue weighted by molar-refractivity contribution is 5.98. The van der Waals surface area contributed by atoms with Crippen molar-refractivity contribution in [2.75, 3.05) is 6.54 Å². The van der Waals surface area contributed by atoms with Crippen LogP contribution in [-0.2, 0) is 16.1 Å². The van der Waals surface area contributed by atoms with Gasteiger partial charge in [-0.3, -0.25) is 4.79 Å². The molecule has 1 saturated heterocycles. The average molecular weight is 305 g/mol. The van der Waals surface area contributed by atoms with E-state index in [0.717, 1.165) is 6.42 Å². The van der Waals surface area contributed by atoms with Crippen molar-refractivity contribution in [3.8, 4) is 0 Å². The molecule has 1 aromatic rings. The molecule has 1 heterocycles. The summed E-state index contributed by atoms with van der Waals surface area (Å²) in [6.07, 6.45) is 1.39. The Morgan fingerprint density at radius 3 is 2.64 bits per heavy atom. The van der Waals surface area contributed by atoms with E-state index < -0.39 is 11.6 Å². The molecule has 1 N–H and O–H groups in total. The Balaban J connectivity index is 2.20. The predicted molar refractivity (Wildman–Crippen MR) is 82.3 cm³/mol. The Kier molecular flexibility index (Phi) is 4.86. The summed E-state index contributed by atoms with van der Waals surface area (Å²) in [6.45, 7) is 5.77. The quantitative estimate of drug-likeness (QED) is 0.869. The Hall–Kier alpha value is -1.88. The largest absolute Gasteiger partial charge is 0.458 e. The molecule has 1 fully saturated rings. The summed E-state index contributed by atoms with van der Waals surface area (Å²) in [5.74, 6) is -0.585. The van der Waals surface area contributed by atoms with Crippen LogP contribution in [-0.4, -0.2) is 40.1 Å². The zero-order chi connectivity index (χ0) is 16.3. The van der Waals surface area contributed by atoms with Crippen molar-refractivity contribution in [1.29, 1.82) is 0 Å². The van der Waals surface area contributed by atoms with Crippen molar-refractivity contribution in [1.82, 2.24) is 4.90 Å². The van der Waals surface area contributed by atoms with Gasteiger partial charge in [-0.15, -0.1) is 0 Å². The molecule has 0 radical (unpaired) electrons. The van der Waals surface area contributed by atoms with Gasteiger partial charge in [-0.25, -0.2) is 4.79 Å². The maximum absolute atomic E-state index is 12.7. The van der Waals surface area contributed by atoms with Crippen molar-refractivity contribution in [2.45, 2.75) is 51.9 Å². The van der Waals surface area contributed by atoms with E-state index in [1.165, 1.54) is 0 Å². The van der Waals surface area contributed by atoms with Crippen LogP contribution in [0.4, 0.5) is 0 Å². The molecule has 0 aromatic heterocycles. The first-order valence-electron chi connectivity index (χ1n) is 7.56. The Morgan fingerprint density at radius 2 is 2.00 bits per heavy atom. The number of ether oxygens (including phenoxy) is 1. The van der Waals surface area contributed by atoms with Crippen molar-refractivity contribution >= 4 is 11.9 Å². The van der Waals surface area contributed by atoms with Crippen LogP contribution < -0.4 is 0 Å². The maximum Gasteiger partial charge on any atom is 0.329 e. The Morgan fingerprint density at radius 1 is 1.32 bits per heavy atom. The zero-order valence-electron chi connectivity index (χ0n) is 13.3. The smallest absolute Gasteiger partial charge is 0.329 e. The molecule has 1 aliphatic heterocycles. The van der Waals surface area contributed by atoms with Gasteiger partial charge in [-0.1, -0.05) is 18.2 Å². The highest BCUT2D eigenvalue weighted by Crippen LogP contribution is 2.24. The predicted octanol–water partition coefficient (Wildman–Crippen LogP) is 2.13. The van der Waals surface area contributed by atoms with Crippen molar-refractivity contribution in [2.24, 2.45) is 0 Å². The molecule has 22 heavy (non-hydrogen) atoms. The van der Waals surface area contributed by atoms with Gasteiger partial charge >= 0.3 is 5.97 Å². The standard InChI is InChI=1S/C17H23NO4/c1-17(2,3)22-16(21)14-9-6-10-18(14)15(20)13-8-5-4-7-12(13)11-19/h4-5,7-8,14,19H,6,9-11H2,1-3H3/t14-/m0/s1. The van der Waals surface area contributed by atoms with E-state index in [-0.39, 0.29) is 18.5 Å². The molecule has 0 saturated carbocycles. The van der Waals surface area contributed by atoms with Crippen molar-refractivity contribution < 1.29 is 19.4 Å². The van der Waals surface area contributed by atoms with E-state index in [4.69, 9.17) is 4.74 Å². The summed E-state index contributed by atoms with van der Waals surface area (Å²) in [5.41, 5.74) is 0.444. The van der Waals surface area contributed by atoms with Crippen LogP contribution in [0.3, 0.4) is 0 Å². The molecule has 1 atom stereocenters. The van der Waals surface area contributed by atoms with Gasteiger partial charge in [-0.05, 0) is 45.2 Å². The number of likely N-dealkylation sites (tertiary alicyclic amines) is 1. The van der Waals surface area contributed by atoms with Gasteiger partial charge in [-0.2, -0.15) is 0 Å². The summed E-state index contributed by atoms with van der Waals surface area (Å²) in [6, 6.07) is 6.38. The second-order valence-electron chi connectivity index (χ2n) is 6.51. The molecule has 1 aromatic carbocycles. The molecule has 5 nitrogen and oxygen atoms in total. The van der Waals surface area contributed by atoms with E-state index in [2.05, 4.69) is 0 Å². The fourth-order valence-electron chi connectivity index (χ4n) is 2.65. The molecule has 1 amide bonds. The van der Waals surface area contributed by atoms with E-state index >= 15 is 0 Å². The number of hydrogen-bond acceptors (Lipinski definition) is 4. The summed E-state index contributed by atoms with van der Waals surface area (Å²) < 4.78 is 5.41. The van der Waals surface area contributed by atoms with Gasteiger partial charge in [0.05, 0.1) is 6.61 Å². The molecule has 120 valence electrons. The first-order valence-corrected chi connectivity index (χ1v) is 7.56. The van der Waals surface area contributed by atoms with Gasteiger partial charge < -0.3 is 14.7 Å². The molecule has 0 aliphatic carbocycles. The van der Waals surface area contributed by atoms with E-state index in [1.54, 1.807) is 29.2 Å². The normalized spacial score (nSPS) is 18.4. The third-order valence-corrected chi connectivity index (χ3v) is 3.61. The fourth-order valence-corrected chi connectivity index (χ4v) is 2.65. The van der Waals surface area contributed by atoms with Gasteiger partial charge in [0.1, 0.15) is 11.6 Å². The van der Waals surface area contributed by atoms with E-state index in [0.29, 0.717) is 24.1 Å². The van der Waals surface area contributed by atoms with Crippen molar-refractivity contribution in [3.63, 3.8) is 0 Å². The molecule has 0 spiro atoms. The van der Waals surface area contributed by atoms with Crippen molar-refractivity contribution in [3.05, 3.63) is 35.4 Å². The van der Waals surface area contributed by atoms with Gasteiger partial charge in [0.15, 0.2) is 0 Å². The van der Waals surface area contributed by atoms with Crippen LogP contribution in [0, 0.1) is 0 Å². The maximum atomic E-state index is 12.7. The number of aliphatic hydroxyl groups is 1. The molecular weight excluding hydrogens is 282 g/mol. The van der Waals surface area contributed by atoms with Crippen LogP contribution in [0.2, 0.25) is 0 Å². The second kappa shape index (κ2) is 6.48. The summed E-state index contributed by atoms with van der Waals surface area (Å²) >= 11 is 0. The number of nitrogens with zero attached hydrogens (tertiary/aromatic N) is 1. The number of hydrogen-bond donors (Lipinski definition) is 1. The summed E-state index contributed by atoms with van der Waals surface area (Å²) in [4.78, 5) is 26.6. The first-order chi connectivity index (χ1) is 10.3. The third kappa shape index (κ3) is 3.65. The number of amides is 1. The minimum atomic E-state index is -0.572. The minimum absolute atomic E-state index is 0.202. The number of rotatable bonds is 3. The van der Waals surface area contributed by atoms with Gasteiger partial charge in [0.25, 0.3) is 5.91 Å². The number of esters is 1. The highest BCUT2D eigenvalue weighted by atomic mass is 16.6. The summed E-state index contributed by atoms with van der Waals surface area (Å²) in [5, 5.41) is 9.38. The Bertz CT molecular complexity index is 562. The molecule has 1 aliphatic rings. The minimum Gasteiger partial charge on any atom is -0.458 e. The third-order valence-electron chi connectivity index (χ3n) is 3.61. The average Bonchev–Trinajstić information content (AvgIpc) is 2.94. The van der Waals surface area contributed by atoms with Gasteiger partial charge in [0, 0.05) is 12.1 Å². The zero-order valence-corrected chi connectivity index (χ0v) is 13.3. The first kappa shape index (κ1) is 16.5. The topological polar surface area (TPSA) is 66.8 Å². The molecule has 0 unspecified atom stereocenters. The van der Waals surface area contributed by atoms with Crippen LogP contribution in [0.15, 0.2) is 24.3 Å². The van der Waals surface area contributed by atoms with Gasteiger partial charge in [0.2, 0.25) is 0 Å². The fraction of sp³-hybridized carbons (Fsp3) is 0.529. The number of carbonyl (C=O) groups is 2. The summed E-state index contributed by atoms with van der Waals surface area (Å²) in [7, 11) is 0. The van der Waals surface area contributed by atoms with Crippen LogP contribution in [0.5, 0.6) is 0 Å². The lowest BCUT2D eigenvalue weighted by Crippen LogP contribution is -2.43. The molecule has 5 heteroatoms.